The number of ketones is 1. The molecule has 1 aromatic rings. The van der Waals surface area contributed by atoms with Crippen molar-refractivity contribution < 1.29 is 19.0 Å². The van der Waals surface area contributed by atoms with Crippen LogP contribution in [0.4, 0.5) is 0 Å². The quantitative estimate of drug-likeness (QED) is 0.587. The van der Waals surface area contributed by atoms with Crippen LogP contribution in [0, 0.1) is 11.8 Å². The molecule has 0 spiro atoms. The number of hydrogen-bond acceptors (Lipinski definition) is 4. The molecule has 4 heteroatoms. The smallest absolute Gasteiger partial charge is 0.146 e. The van der Waals surface area contributed by atoms with E-state index >= 15 is 0 Å². The molecule has 0 unspecified atom stereocenters. The minimum Gasteiger partial charge on any atom is -0.376 e. The van der Waals surface area contributed by atoms with Gasteiger partial charge in [-0.15, -0.1) is 0 Å². The highest BCUT2D eigenvalue weighted by Gasteiger charge is 2.28. The zero-order valence-electron chi connectivity index (χ0n) is 14.1. The molecule has 0 aliphatic carbocycles. The van der Waals surface area contributed by atoms with Gasteiger partial charge in [-0.1, -0.05) is 51.1 Å². The number of ether oxygens (including phenoxy) is 3. The highest BCUT2D eigenvalue weighted by atomic mass is 16.7. The van der Waals surface area contributed by atoms with Gasteiger partial charge in [0, 0.05) is 25.4 Å². The fourth-order valence-electron chi connectivity index (χ4n) is 2.48. The largest absolute Gasteiger partial charge is 0.376 e. The van der Waals surface area contributed by atoms with Crippen molar-refractivity contribution in [3.8, 4) is 0 Å². The summed E-state index contributed by atoms with van der Waals surface area (Å²) in [5.74, 6) is 0.163. The summed E-state index contributed by atoms with van der Waals surface area (Å²) in [6, 6.07) is 10.0. The van der Waals surface area contributed by atoms with Crippen LogP contribution in [-0.2, 0) is 25.6 Å². The van der Waals surface area contributed by atoms with E-state index < -0.39 is 0 Å². The normalized spacial score (nSPS) is 15.3. The Morgan fingerprint density at radius 2 is 1.86 bits per heavy atom. The Bertz CT molecular complexity index is 418. The summed E-state index contributed by atoms with van der Waals surface area (Å²) in [5, 5.41) is 0. The van der Waals surface area contributed by atoms with Crippen LogP contribution in [0.25, 0.3) is 0 Å². The van der Waals surface area contributed by atoms with Crippen LogP contribution in [0.3, 0.4) is 0 Å². The van der Waals surface area contributed by atoms with Crippen LogP contribution in [-0.4, -0.2) is 32.4 Å². The van der Waals surface area contributed by atoms with Crippen molar-refractivity contribution in [1.29, 1.82) is 0 Å². The molecule has 0 aromatic heterocycles. The van der Waals surface area contributed by atoms with Crippen LogP contribution in [0.15, 0.2) is 30.3 Å². The van der Waals surface area contributed by atoms with Gasteiger partial charge in [-0.3, -0.25) is 4.79 Å². The van der Waals surface area contributed by atoms with E-state index in [1.54, 1.807) is 7.11 Å². The van der Waals surface area contributed by atoms with Crippen molar-refractivity contribution >= 4 is 5.78 Å². The summed E-state index contributed by atoms with van der Waals surface area (Å²) in [4.78, 5) is 12.0. The monoisotopic (exact) mass is 308 g/mol. The first-order chi connectivity index (χ1) is 10.6. The molecule has 0 saturated carbocycles. The van der Waals surface area contributed by atoms with Crippen LogP contribution >= 0.6 is 0 Å². The maximum Gasteiger partial charge on any atom is 0.146 e. The van der Waals surface area contributed by atoms with Crippen molar-refractivity contribution in [2.45, 2.75) is 39.9 Å². The van der Waals surface area contributed by atoms with Crippen molar-refractivity contribution in [3.63, 3.8) is 0 Å². The van der Waals surface area contributed by atoms with E-state index in [2.05, 4.69) is 0 Å². The molecular formula is C18H28O4. The Morgan fingerprint density at radius 1 is 1.18 bits per heavy atom. The second kappa shape index (κ2) is 10.5. The van der Waals surface area contributed by atoms with Crippen molar-refractivity contribution in [1.82, 2.24) is 0 Å². The predicted molar refractivity (Wildman–Crippen MR) is 86.5 cm³/mol. The summed E-state index contributed by atoms with van der Waals surface area (Å²) in [5.41, 5.74) is 1.14. The molecular weight excluding hydrogens is 280 g/mol. The minimum atomic E-state index is -0.192. The highest BCUT2D eigenvalue weighted by molar-refractivity contribution is 5.80. The summed E-state index contributed by atoms with van der Waals surface area (Å²) >= 11 is 0. The van der Waals surface area contributed by atoms with E-state index in [-0.39, 0.29) is 30.5 Å². The third-order valence-corrected chi connectivity index (χ3v) is 3.78. The molecule has 0 saturated heterocycles. The first-order valence-corrected chi connectivity index (χ1v) is 7.85. The molecule has 4 nitrogen and oxygen atoms in total. The summed E-state index contributed by atoms with van der Waals surface area (Å²) in [6.45, 7) is 7.14. The average Bonchev–Trinajstić information content (AvgIpc) is 2.55. The van der Waals surface area contributed by atoms with E-state index in [9.17, 15) is 4.79 Å². The summed E-state index contributed by atoms with van der Waals surface area (Å²) in [7, 11) is 1.58. The fourth-order valence-corrected chi connectivity index (χ4v) is 2.48. The van der Waals surface area contributed by atoms with Gasteiger partial charge < -0.3 is 14.2 Å². The highest BCUT2D eigenvalue weighted by Crippen LogP contribution is 2.20. The molecule has 0 amide bonds. The molecule has 1 aromatic carbocycles. The molecule has 1 rings (SSSR count). The third-order valence-electron chi connectivity index (χ3n) is 3.78. The van der Waals surface area contributed by atoms with Gasteiger partial charge >= 0.3 is 0 Å². The first-order valence-electron chi connectivity index (χ1n) is 7.85. The van der Waals surface area contributed by atoms with E-state index in [1.165, 1.54) is 0 Å². The number of carbonyl (C=O) groups is 1. The van der Waals surface area contributed by atoms with Gasteiger partial charge in [0.2, 0.25) is 0 Å². The molecule has 0 bridgehead atoms. The lowest BCUT2D eigenvalue weighted by Crippen LogP contribution is -2.36. The molecule has 3 atom stereocenters. The Kier molecular flexibility index (Phi) is 8.97. The van der Waals surface area contributed by atoms with E-state index in [0.29, 0.717) is 19.6 Å². The van der Waals surface area contributed by atoms with E-state index in [0.717, 1.165) is 5.56 Å². The molecule has 0 aliphatic rings. The van der Waals surface area contributed by atoms with Gasteiger partial charge in [-0.2, -0.15) is 0 Å². The van der Waals surface area contributed by atoms with Crippen LogP contribution < -0.4 is 0 Å². The second-order valence-corrected chi connectivity index (χ2v) is 5.62. The second-order valence-electron chi connectivity index (χ2n) is 5.62. The summed E-state index contributed by atoms with van der Waals surface area (Å²) in [6.07, 6.45) is 0.328. The fraction of sp³-hybridized carbons (Fsp3) is 0.611. The van der Waals surface area contributed by atoms with E-state index in [1.807, 2.05) is 51.1 Å². The molecule has 0 fully saturated rings. The lowest BCUT2D eigenvalue weighted by Gasteiger charge is -2.28. The van der Waals surface area contributed by atoms with Gasteiger partial charge in [0.25, 0.3) is 0 Å². The molecule has 0 heterocycles. The first kappa shape index (κ1) is 18.8. The van der Waals surface area contributed by atoms with Crippen LogP contribution in [0.2, 0.25) is 0 Å². The Labute approximate surface area is 133 Å². The van der Waals surface area contributed by atoms with Gasteiger partial charge in [0.15, 0.2) is 0 Å². The topological polar surface area (TPSA) is 44.8 Å². The van der Waals surface area contributed by atoms with Crippen molar-refractivity contribution in [2.24, 2.45) is 11.8 Å². The Morgan fingerprint density at radius 3 is 2.45 bits per heavy atom. The number of benzene rings is 1. The van der Waals surface area contributed by atoms with Gasteiger partial charge in [0.05, 0.1) is 19.3 Å². The standard InChI is InChI=1S/C18H28O4/c1-5-17(19)15(3)18(22-13-20-4)14(2)11-21-12-16-9-7-6-8-10-16/h6-10,14-15,18H,5,11-13H2,1-4H3/t14-,15-,18-/m1/s1. The van der Waals surface area contributed by atoms with Gasteiger partial charge in [-0.05, 0) is 5.56 Å². The Hall–Kier alpha value is -1.23. The number of rotatable bonds is 11. The zero-order chi connectivity index (χ0) is 16.4. The maximum absolute atomic E-state index is 12.0. The van der Waals surface area contributed by atoms with Crippen LogP contribution in [0.1, 0.15) is 32.8 Å². The number of hydrogen-bond donors (Lipinski definition) is 0. The molecule has 0 aliphatic heterocycles. The van der Waals surface area contributed by atoms with Crippen molar-refractivity contribution in [2.75, 3.05) is 20.5 Å². The molecule has 0 radical (unpaired) electrons. The lowest BCUT2D eigenvalue weighted by molar-refractivity contribution is -0.142. The molecule has 22 heavy (non-hydrogen) atoms. The third kappa shape index (κ3) is 6.26. The SMILES string of the molecule is CCC(=O)[C@@H](C)[C@H](OCOC)[C@H](C)COCc1ccccc1. The minimum absolute atomic E-state index is 0.115. The summed E-state index contributed by atoms with van der Waals surface area (Å²) < 4.78 is 16.5. The number of methoxy groups -OCH3 is 1. The zero-order valence-corrected chi connectivity index (χ0v) is 14.1. The number of Topliss-reactive ketones (excluding diaryl/α,β-unsaturated/α-hetero) is 1. The van der Waals surface area contributed by atoms with Gasteiger partial charge in [0.1, 0.15) is 12.6 Å². The Balaban J connectivity index is 2.51. The number of carbonyl (C=O) groups excluding carboxylic acids is 1. The lowest BCUT2D eigenvalue weighted by atomic mass is 9.89. The molecule has 0 N–H and O–H groups in total. The van der Waals surface area contributed by atoms with Gasteiger partial charge in [-0.25, -0.2) is 0 Å². The predicted octanol–water partition coefficient (Wildman–Crippen LogP) is 3.44. The maximum atomic E-state index is 12.0. The van der Waals surface area contributed by atoms with E-state index in [4.69, 9.17) is 14.2 Å². The molecule has 124 valence electrons. The van der Waals surface area contributed by atoms with Crippen LogP contribution in [0.5, 0.6) is 0 Å². The van der Waals surface area contributed by atoms with Crippen molar-refractivity contribution in [3.05, 3.63) is 35.9 Å². The average molecular weight is 308 g/mol.